The van der Waals surface area contributed by atoms with Gasteiger partial charge in [-0.3, -0.25) is 9.79 Å². The molecule has 0 aliphatic carbocycles. The summed E-state index contributed by atoms with van der Waals surface area (Å²) in [7, 11) is 3.25. The van der Waals surface area contributed by atoms with Crippen LogP contribution in [0.15, 0.2) is 47.5 Å². The summed E-state index contributed by atoms with van der Waals surface area (Å²) >= 11 is 5.96. The van der Waals surface area contributed by atoms with Crippen LogP contribution in [-0.4, -0.2) is 38.9 Å². The lowest BCUT2D eigenvalue weighted by Crippen LogP contribution is -2.36. The third kappa shape index (κ3) is 5.97. The summed E-state index contributed by atoms with van der Waals surface area (Å²) in [6.45, 7) is 0.942. The maximum Gasteiger partial charge on any atom is 0.182 e. The van der Waals surface area contributed by atoms with Gasteiger partial charge in [0, 0.05) is 29.6 Å². The first-order valence-corrected chi connectivity index (χ1v) is 9.82. The van der Waals surface area contributed by atoms with E-state index in [2.05, 4.69) is 0 Å². The summed E-state index contributed by atoms with van der Waals surface area (Å²) in [5.41, 5.74) is 1.40. The first-order valence-electron chi connectivity index (χ1n) is 9.44. The average Bonchev–Trinajstić information content (AvgIpc) is 3.01. The van der Waals surface area contributed by atoms with E-state index in [-0.39, 0.29) is 29.3 Å². The Balaban J connectivity index is 0.00000300. The molecule has 0 atom stereocenters. The monoisotopic (exact) mass is 480 g/mol. The minimum atomic E-state index is -0.00603. The van der Waals surface area contributed by atoms with Crippen LogP contribution in [0.3, 0.4) is 0 Å². The minimum absolute atomic E-state index is 0. The molecule has 0 amide bonds. The molecule has 0 aromatic heterocycles. The number of amidine groups is 1. The Morgan fingerprint density at radius 3 is 2.52 bits per heavy atom. The van der Waals surface area contributed by atoms with Gasteiger partial charge in [-0.2, -0.15) is 0 Å². The van der Waals surface area contributed by atoms with Crippen molar-refractivity contribution in [2.24, 2.45) is 4.99 Å². The van der Waals surface area contributed by atoms with Gasteiger partial charge in [0.15, 0.2) is 5.78 Å². The van der Waals surface area contributed by atoms with Gasteiger partial charge >= 0.3 is 0 Å². The van der Waals surface area contributed by atoms with Crippen molar-refractivity contribution >= 4 is 45.9 Å². The van der Waals surface area contributed by atoms with E-state index in [4.69, 9.17) is 26.1 Å². The molecule has 29 heavy (non-hydrogen) atoms. The van der Waals surface area contributed by atoms with Gasteiger partial charge in [-0.1, -0.05) is 18.0 Å². The van der Waals surface area contributed by atoms with Crippen molar-refractivity contribution in [1.29, 1.82) is 0 Å². The molecule has 1 aliphatic heterocycles. The molecule has 0 saturated carbocycles. The van der Waals surface area contributed by atoms with Crippen molar-refractivity contribution in [3.63, 3.8) is 0 Å². The number of rotatable bonds is 6. The van der Waals surface area contributed by atoms with Crippen LogP contribution >= 0.6 is 28.6 Å². The van der Waals surface area contributed by atoms with Gasteiger partial charge in [-0.05, 0) is 49.2 Å². The molecule has 2 aromatic carbocycles. The van der Waals surface area contributed by atoms with Crippen LogP contribution in [-0.2, 0) is 0 Å². The van der Waals surface area contributed by atoms with E-state index in [1.54, 1.807) is 38.5 Å². The molecule has 3 rings (SSSR count). The van der Waals surface area contributed by atoms with Gasteiger partial charge in [0.05, 0.1) is 26.5 Å². The molecule has 0 radical (unpaired) electrons. The van der Waals surface area contributed by atoms with Crippen LogP contribution in [0, 0.1) is 0 Å². The van der Waals surface area contributed by atoms with Gasteiger partial charge in [-0.15, -0.1) is 17.0 Å². The van der Waals surface area contributed by atoms with Crippen LogP contribution in [0.1, 0.15) is 36.0 Å². The number of aliphatic imine (C=N–C) groups is 1. The highest BCUT2D eigenvalue weighted by Gasteiger charge is 2.23. The SMILES string of the molecule is Br.COc1ccc(OC)c(N(CC(=O)c2ccc(Cl)cc2)C2=NCCCCC2)c1. The standard InChI is InChI=1S/C22H25ClN2O3.BrH/c1-27-18-11-12-21(28-2)19(14-18)25(22-6-4-3-5-13-24-22)15-20(26)16-7-9-17(23)10-8-16;/h7-12,14H,3-6,13,15H2,1-2H3;1H. The predicted molar refractivity (Wildman–Crippen MR) is 124 cm³/mol. The van der Waals surface area contributed by atoms with E-state index in [9.17, 15) is 4.79 Å². The first-order chi connectivity index (χ1) is 13.6. The van der Waals surface area contributed by atoms with Gasteiger partial charge < -0.3 is 14.4 Å². The number of ether oxygens (including phenoxy) is 2. The zero-order chi connectivity index (χ0) is 19.9. The van der Waals surface area contributed by atoms with Crippen molar-refractivity contribution in [3.05, 3.63) is 53.1 Å². The van der Waals surface area contributed by atoms with E-state index in [1.165, 1.54) is 0 Å². The molecule has 0 fully saturated rings. The number of methoxy groups -OCH3 is 2. The van der Waals surface area contributed by atoms with Gasteiger partial charge in [0.2, 0.25) is 0 Å². The van der Waals surface area contributed by atoms with E-state index in [1.807, 2.05) is 23.1 Å². The Morgan fingerprint density at radius 2 is 1.83 bits per heavy atom. The van der Waals surface area contributed by atoms with Gasteiger partial charge in [0.25, 0.3) is 0 Å². The second-order valence-electron chi connectivity index (χ2n) is 6.66. The lowest BCUT2D eigenvalue weighted by Gasteiger charge is -2.27. The molecule has 0 N–H and O–H groups in total. The zero-order valence-electron chi connectivity index (χ0n) is 16.7. The van der Waals surface area contributed by atoms with E-state index in [0.29, 0.717) is 22.1 Å². The topological polar surface area (TPSA) is 51.1 Å². The normalized spacial score (nSPS) is 13.6. The highest BCUT2D eigenvalue weighted by Crippen LogP contribution is 2.34. The van der Waals surface area contributed by atoms with Crippen LogP contribution in [0.25, 0.3) is 0 Å². The zero-order valence-corrected chi connectivity index (χ0v) is 19.2. The number of anilines is 1. The van der Waals surface area contributed by atoms with Crippen LogP contribution in [0.5, 0.6) is 11.5 Å². The summed E-state index contributed by atoms with van der Waals surface area (Å²) < 4.78 is 11.0. The Labute approximate surface area is 187 Å². The van der Waals surface area contributed by atoms with Crippen LogP contribution < -0.4 is 14.4 Å². The Hall–Kier alpha value is -2.05. The molecular formula is C22H26BrClN2O3. The molecule has 7 heteroatoms. The predicted octanol–water partition coefficient (Wildman–Crippen LogP) is 5.60. The third-order valence-electron chi connectivity index (χ3n) is 4.81. The molecular weight excluding hydrogens is 456 g/mol. The molecule has 0 saturated heterocycles. The molecule has 2 aromatic rings. The maximum atomic E-state index is 13.0. The van der Waals surface area contributed by atoms with Gasteiger partial charge in [0.1, 0.15) is 17.3 Å². The Bertz CT molecular complexity index is 856. The Morgan fingerprint density at radius 1 is 1.07 bits per heavy atom. The minimum Gasteiger partial charge on any atom is -0.497 e. The molecule has 1 aliphatic rings. The second-order valence-corrected chi connectivity index (χ2v) is 7.10. The second kappa shape index (κ2) is 11.2. The number of halogens is 2. The highest BCUT2D eigenvalue weighted by molar-refractivity contribution is 8.93. The quantitative estimate of drug-likeness (QED) is 0.504. The lowest BCUT2D eigenvalue weighted by molar-refractivity contribution is 0.100. The number of nitrogens with zero attached hydrogens (tertiary/aromatic N) is 2. The molecule has 0 spiro atoms. The first kappa shape index (κ1) is 23.2. The fraction of sp³-hybridized carbons (Fsp3) is 0.364. The third-order valence-corrected chi connectivity index (χ3v) is 5.06. The molecule has 0 unspecified atom stereocenters. The molecule has 5 nitrogen and oxygen atoms in total. The fourth-order valence-electron chi connectivity index (χ4n) is 3.27. The molecule has 1 heterocycles. The lowest BCUT2D eigenvalue weighted by atomic mass is 10.1. The van der Waals surface area contributed by atoms with E-state index >= 15 is 0 Å². The average molecular weight is 482 g/mol. The van der Waals surface area contributed by atoms with Crippen molar-refractivity contribution < 1.29 is 14.3 Å². The number of Topliss-reactive ketones (excluding diaryl/α,β-unsaturated/α-hetero) is 1. The number of carbonyl (C=O) groups excluding carboxylic acids is 1. The maximum absolute atomic E-state index is 13.0. The van der Waals surface area contributed by atoms with E-state index < -0.39 is 0 Å². The number of benzene rings is 2. The van der Waals surface area contributed by atoms with Crippen molar-refractivity contribution in [1.82, 2.24) is 0 Å². The molecule has 0 bridgehead atoms. The van der Waals surface area contributed by atoms with Crippen molar-refractivity contribution in [3.8, 4) is 11.5 Å². The smallest absolute Gasteiger partial charge is 0.182 e. The number of carbonyl (C=O) groups is 1. The summed E-state index contributed by atoms with van der Waals surface area (Å²) in [4.78, 5) is 19.7. The van der Waals surface area contributed by atoms with Crippen molar-refractivity contribution in [2.45, 2.75) is 25.7 Å². The number of ketones is 1. The summed E-state index contributed by atoms with van der Waals surface area (Å²) in [6, 6.07) is 12.5. The molecule has 156 valence electrons. The van der Waals surface area contributed by atoms with Crippen molar-refractivity contribution in [2.75, 3.05) is 32.2 Å². The largest absolute Gasteiger partial charge is 0.497 e. The summed E-state index contributed by atoms with van der Waals surface area (Å²) in [5.74, 6) is 2.28. The number of hydrogen-bond acceptors (Lipinski definition) is 5. The summed E-state index contributed by atoms with van der Waals surface area (Å²) in [5, 5.41) is 0.607. The summed E-state index contributed by atoms with van der Waals surface area (Å²) in [6.07, 6.45) is 4.09. The van der Waals surface area contributed by atoms with Gasteiger partial charge in [-0.25, -0.2) is 0 Å². The Kier molecular flexibility index (Phi) is 8.99. The fourth-order valence-corrected chi connectivity index (χ4v) is 3.40. The van der Waals surface area contributed by atoms with Crippen LogP contribution in [0.2, 0.25) is 5.02 Å². The van der Waals surface area contributed by atoms with Crippen LogP contribution in [0.4, 0.5) is 5.69 Å². The van der Waals surface area contributed by atoms with E-state index in [0.717, 1.165) is 43.8 Å². The number of hydrogen-bond donors (Lipinski definition) is 0. The highest BCUT2D eigenvalue weighted by atomic mass is 79.9.